The number of aromatic amines is 1. The highest BCUT2D eigenvalue weighted by Crippen LogP contribution is 2.10. The molecule has 0 saturated carbocycles. The highest BCUT2D eigenvalue weighted by Gasteiger charge is 2.14. The van der Waals surface area contributed by atoms with E-state index >= 15 is 0 Å². The standard InChI is InChI=1S/C10H10N6S/c1-6-2-4-7(5-3-6)8-11-12-9-13-14-10(17)16(9)15-8/h2-5H,1H3,(H,11,15)(H,12,13)(H,14,17). The van der Waals surface area contributed by atoms with Crippen molar-refractivity contribution in [3.8, 4) is 0 Å². The fraction of sp³-hybridized carbons (Fsp3) is 0.100. The lowest BCUT2D eigenvalue weighted by molar-refractivity contribution is 0.920. The third kappa shape index (κ3) is 1.70. The Kier molecular flexibility index (Phi) is 2.19. The molecule has 0 aliphatic carbocycles. The van der Waals surface area contributed by atoms with Crippen LogP contribution in [0.15, 0.2) is 29.4 Å². The minimum absolute atomic E-state index is 0.493. The monoisotopic (exact) mass is 246 g/mol. The molecule has 0 saturated heterocycles. The average molecular weight is 246 g/mol. The number of fused-ring (bicyclic) bond motifs is 1. The van der Waals surface area contributed by atoms with Crippen molar-refractivity contribution < 1.29 is 0 Å². The summed E-state index contributed by atoms with van der Waals surface area (Å²) in [6, 6.07) is 8.06. The number of hydrogen-bond donors (Lipinski definition) is 3. The van der Waals surface area contributed by atoms with E-state index in [0.717, 1.165) is 5.56 Å². The minimum atomic E-state index is 0.493. The summed E-state index contributed by atoms with van der Waals surface area (Å²) in [5.41, 5.74) is 8.10. The second kappa shape index (κ2) is 3.70. The topological polar surface area (TPSA) is 70.0 Å². The molecule has 0 bridgehead atoms. The molecular weight excluding hydrogens is 236 g/mol. The smallest absolute Gasteiger partial charge is 0.263 e. The van der Waals surface area contributed by atoms with E-state index in [9.17, 15) is 0 Å². The van der Waals surface area contributed by atoms with E-state index in [0.29, 0.717) is 16.6 Å². The van der Waals surface area contributed by atoms with E-state index in [1.54, 1.807) is 4.68 Å². The van der Waals surface area contributed by atoms with Gasteiger partial charge in [-0.15, -0.1) is 5.10 Å². The number of benzene rings is 1. The highest BCUT2D eigenvalue weighted by atomic mass is 32.1. The van der Waals surface area contributed by atoms with E-state index < -0.39 is 0 Å². The Balaban J connectivity index is 1.97. The Morgan fingerprint density at radius 3 is 2.76 bits per heavy atom. The van der Waals surface area contributed by atoms with Gasteiger partial charge in [-0.3, -0.25) is 5.43 Å². The summed E-state index contributed by atoms with van der Waals surface area (Å²) in [5.74, 6) is 1.25. The van der Waals surface area contributed by atoms with Gasteiger partial charge in [0.25, 0.3) is 5.95 Å². The third-order valence-corrected chi connectivity index (χ3v) is 2.76. The lowest BCUT2D eigenvalue weighted by Crippen LogP contribution is -2.30. The van der Waals surface area contributed by atoms with Crippen molar-refractivity contribution in [3.05, 3.63) is 40.2 Å². The van der Waals surface area contributed by atoms with Crippen molar-refractivity contribution in [2.24, 2.45) is 5.10 Å². The Morgan fingerprint density at radius 1 is 1.24 bits per heavy atom. The van der Waals surface area contributed by atoms with Crippen molar-refractivity contribution in [2.45, 2.75) is 6.92 Å². The van der Waals surface area contributed by atoms with Gasteiger partial charge in [0.05, 0.1) is 0 Å². The number of hydrogen-bond acceptors (Lipinski definition) is 5. The van der Waals surface area contributed by atoms with Crippen LogP contribution in [0.5, 0.6) is 0 Å². The van der Waals surface area contributed by atoms with E-state index in [2.05, 4.69) is 26.2 Å². The molecule has 0 radical (unpaired) electrons. The molecule has 1 aliphatic rings. The lowest BCUT2D eigenvalue weighted by atomic mass is 10.1. The van der Waals surface area contributed by atoms with Crippen LogP contribution in [0.2, 0.25) is 0 Å². The largest absolute Gasteiger partial charge is 0.270 e. The first-order valence-corrected chi connectivity index (χ1v) is 5.50. The summed E-state index contributed by atoms with van der Waals surface area (Å²) in [6.07, 6.45) is 0. The molecule has 3 rings (SSSR count). The molecule has 17 heavy (non-hydrogen) atoms. The van der Waals surface area contributed by atoms with Crippen LogP contribution in [0.3, 0.4) is 0 Å². The number of aryl methyl sites for hydroxylation is 1. The van der Waals surface area contributed by atoms with Gasteiger partial charge in [0.2, 0.25) is 4.77 Å². The van der Waals surface area contributed by atoms with Gasteiger partial charge >= 0.3 is 0 Å². The summed E-state index contributed by atoms with van der Waals surface area (Å²) < 4.78 is 2.13. The van der Waals surface area contributed by atoms with E-state index in [4.69, 9.17) is 12.2 Å². The first-order valence-electron chi connectivity index (χ1n) is 5.09. The normalized spacial score (nSPS) is 13.4. The number of rotatable bonds is 1. The predicted molar refractivity (Wildman–Crippen MR) is 68.1 cm³/mol. The molecule has 0 amide bonds. The van der Waals surface area contributed by atoms with E-state index in [1.807, 2.05) is 31.2 Å². The van der Waals surface area contributed by atoms with E-state index in [-0.39, 0.29) is 0 Å². The number of hydrazone groups is 1. The summed E-state index contributed by atoms with van der Waals surface area (Å²) in [5, 5.41) is 10.8. The van der Waals surface area contributed by atoms with Gasteiger partial charge in [0.15, 0.2) is 5.84 Å². The fourth-order valence-corrected chi connectivity index (χ4v) is 1.73. The number of amidine groups is 1. The second-order valence-electron chi connectivity index (χ2n) is 3.74. The molecule has 86 valence electrons. The number of H-pyrrole nitrogens is 1. The second-order valence-corrected chi connectivity index (χ2v) is 4.12. The Morgan fingerprint density at radius 2 is 2.00 bits per heavy atom. The summed E-state index contributed by atoms with van der Waals surface area (Å²) in [6.45, 7) is 2.04. The SMILES string of the molecule is Cc1ccc(C2=NNc3n[nH]c(=S)n3N2)cc1. The number of nitrogens with one attached hydrogen (secondary N) is 3. The quantitative estimate of drug-likeness (QED) is 0.668. The van der Waals surface area contributed by atoms with Gasteiger partial charge in [-0.25, -0.2) is 10.5 Å². The molecule has 1 aromatic heterocycles. The van der Waals surface area contributed by atoms with Crippen LogP contribution in [0.1, 0.15) is 11.1 Å². The summed E-state index contributed by atoms with van der Waals surface area (Å²) >= 11 is 5.08. The Hall–Kier alpha value is -2.15. The molecule has 0 fully saturated rings. The predicted octanol–water partition coefficient (Wildman–Crippen LogP) is 1.58. The Bertz CT molecular complexity index is 636. The van der Waals surface area contributed by atoms with Crippen molar-refractivity contribution in [1.29, 1.82) is 0 Å². The van der Waals surface area contributed by atoms with Gasteiger partial charge in [-0.2, -0.15) is 9.78 Å². The molecule has 6 nitrogen and oxygen atoms in total. The van der Waals surface area contributed by atoms with Crippen molar-refractivity contribution in [2.75, 3.05) is 10.9 Å². The number of aromatic nitrogens is 3. The molecule has 0 spiro atoms. The van der Waals surface area contributed by atoms with Crippen LogP contribution in [-0.2, 0) is 0 Å². The van der Waals surface area contributed by atoms with Crippen molar-refractivity contribution in [3.63, 3.8) is 0 Å². The number of nitrogens with zero attached hydrogens (tertiary/aromatic N) is 3. The zero-order valence-electron chi connectivity index (χ0n) is 9.06. The van der Waals surface area contributed by atoms with Crippen LogP contribution >= 0.6 is 12.2 Å². The molecule has 0 unspecified atom stereocenters. The summed E-state index contributed by atoms with van der Waals surface area (Å²) in [7, 11) is 0. The highest BCUT2D eigenvalue weighted by molar-refractivity contribution is 7.71. The maximum Gasteiger partial charge on any atom is 0.263 e. The van der Waals surface area contributed by atoms with Gasteiger partial charge in [0.1, 0.15) is 0 Å². The van der Waals surface area contributed by atoms with E-state index in [1.165, 1.54) is 5.56 Å². The van der Waals surface area contributed by atoms with Crippen LogP contribution < -0.4 is 10.9 Å². The average Bonchev–Trinajstić information content (AvgIpc) is 2.72. The zero-order valence-corrected chi connectivity index (χ0v) is 9.88. The van der Waals surface area contributed by atoms with Crippen LogP contribution in [-0.4, -0.2) is 20.7 Å². The molecule has 3 N–H and O–H groups in total. The van der Waals surface area contributed by atoms with Crippen LogP contribution in [0, 0.1) is 11.7 Å². The maximum atomic E-state index is 5.08. The minimum Gasteiger partial charge on any atom is -0.270 e. The van der Waals surface area contributed by atoms with Crippen molar-refractivity contribution >= 4 is 24.0 Å². The molecule has 2 aromatic rings. The molecule has 2 heterocycles. The number of anilines is 1. The fourth-order valence-electron chi connectivity index (χ4n) is 1.55. The lowest BCUT2D eigenvalue weighted by Gasteiger charge is -2.16. The maximum absolute atomic E-state index is 5.08. The molecule has 0 atom stereocenters. The van der Waals surface area contributed by atoms with Crippen LogP contribution in [0.4, 0.5) is 5.95 Å². The van der Waals surface area contributed by atoms with Crippen LogP contribution in [0.25, 0.3) is 0 Å². The molecule has 1 aromatic carbocycles. The third-order valence-electron chi connectivity index (χ3n) is 2.48. The van der Waals surface area contributed by atoms with Gasteiger partial charge in [0, 0.05) is 5.56 Å². The zero-order chi connectivity index (χ0) is 11.8. The first-order chi connectivity index (χ1) is 8.24. The van der Waals surface area contributed by atoms with Gasteiger partial charge < -0.3 is 0 Å². The first kappa shape index (κ1) is 10.0. The molecular formula is C10H10N6S. The summed E-state index contributed by atoms with van der Waals surface area (Å²) in [4.78, 5) is 0. The molecule has 7 heteroatoms. The van der Waals surface area contributed by atoms with Crippen molar-refractivity contribution in [1.82, 2.24) is 14.9 Å². The van der Waals surface area contributed by atoms with Gasteiger partial charge in [-0.1, -0.05) is 29.8 Å². The Labute approximate surface area is 102 Å². The van der Waals surface area contributed by atoms with Gasteiger partial charge in [-0.05, 0) is 19.1 Å². The molecule has 1 aliphatic heterocycles.